The summed E-state index contributed by atoms with van der Waals surface area (Å²) in [6.45, 7) is 1.19. The van der Waals surface area contributed by atoms with Crippen LogP contribution in [0.2, 0.25) is 0 Å². The molecule has 0 aliphatic carbocycles. The number of halogens is 3. The Kier molecular flexibility index (Phi) is 2.72. The van der Waals surface area contributed by atoms with Gasteiger partial charge in [-0.3, -0.25) is 0 Å². The summed E-state index contributed by atoms with van der Waals surface area (Å²) in [5, 5.41) is 2.73. The van der Waals surface area contributed by atoms with E-state index in [4.69, 9.17) is 4.74 Å². The summed E-state index contributed by atoms with van der Waals surface area (Å²) in [6, 6.07) is -0.552. The molecule has 0 aromatic rings. The van der Waals surface area contributed by atoms with E-state index in [-0.39, 0.29) is 6.61 Å². The number of hydrogen-bond donors (Lipinski definition) is 1. The summed E-state index contributed by atoms with van der Waals surface area (Å²) in [4.78, 5) is 0. The predicted molar refractivity (Wildman–Crippen MR) is 33.3 cm³/mol. The van der Waals surface area contributed by atoms with Crippen LogP contribution in [0, 0.1) is 0 Å². The molecule has 1 fully saturated rings. The molecular formula is C6H10F3NO. The van der Waals surface area contributed by atoms with Crippen molar-refractivity contribution in [2.75, 3.05) is 19.8 Å². The number of nitrogens with one attached hydrogen (secondary N) is 1. The van der Waals surface area contributed by atoms with Crippen molar-refractivity contribution in [3.8, 4) is 0 Å². The van der Waals surface area contributed by atoms with Crippen molar-refractivity contribution < 1.29 is 17.9 Å². The van der Waals surface area contributed by atoms with Gasteiger partial charge in [0.15, 0.2) is 0 Å². The average molecular weight is 169 g/mol. The fraction of sp³-hybridized carbons (Fsp3) is 1.00. The molecule has 0 bridgehead atoms. The minimum atomic E-state index is -4.08. The lowest BCUT2D eigenvalue weighted by Crippen LogP contribution is -2.43. The second kappa shape index (κ2) is 3.40. The van der Waals surface area contributed by atoms with E-state index in [1.54, 1.807) is 0 Å². The van der Waals surface area contributed by atoms with Crippen LogP contribution in [0.5, 0.6) is 0 Å². The molecule has 0 radical (unpaired) electrons. The maximum absolute atomic E-state index is 11.7. The first-order valence-electron chi connectivity index (χ1n) is 3.46. The quantitative estimate of drug-likeness (QED) is 0.630. The van der Waals surface area contributed by atoms with E-state index in [0.29, 0.717) is 13.2 Å². The SMILES string of the molecule is FC(F)(F)CC1COCCN1. The summed E-state index contributed by atoms with van der Waals surface area (Å²) in [6.07, 6.45) is -4.88. The summed E-state index contributed by atoms with van der Waals surface area (Å²) in [5.41, 5.74) is 0. The molecule has 11 heavy (non-hydrogen) atoms. The molecular weight excluding hydrogens is 159 g/mol. The van der Waals surface area contributed by atoms with Gasteiger partial charge in [0.05, 0.1) is 19.6 Å². The van der Waals surface area contributed by atoms with Crippen molar-refractivity contribution in [1.82, 2.24) is 5.32 Å². The van der Waals surface area contributed by atoms with E-state index in [0.717, 1.165) is 0 Å². The van der Waals surface area contributed by atoms with E-state index in [9.17, 15) is 13.2 Å². The van der Waals surface area contributed by atoms with Gasteiger partial charge in [0.2, 0.25) is 0 Å². The highest BCUT2D eigenvalue weighted by Gasteiger charge is 2.32. The molecule has 1 unspecified atom stereocenters. The predicted octanol–water partition coefficient (Wildman–Crippen LogP) is 0.927. The van der Waals surface area contributed by atoms with Gasteiger partial charge in [-0.05, 0) is 0 Å². The van der Waals surface area contributed by atoms with Gasteiger partial charge in [0.1, 0.15) is 0 Å². The fourth-order valence-corrected chi connectivity index (χ4v) is 1.03. The number of alkyl halides is 3. The highest BCUT2D eigenvalue weighted by atomic mass is 19.4. The molecule has 1 atom stereocenters. The number of rotatable bonds is 1. The van der Waals surface area contributed by atoms with Gasteiger partial charge in [0.25, 0.3) is 0 Å². The Morgan fingerprint density at radius 2 is 2.18 bits per heavy atom. The van der Waals surface area contributed by atoms with Crippen LogP contribution in [-0.4, -0.2) is 32.0 Å². The summed E-state index contributed by atoms with van der Waals surface area (Å²) in [5.74, 6) is 0. The Morgan fingerprint density at radius 3 is 2.64 bits per heavy atom. The first-order chi connectivity index (χ1) is 5.08. The van der Waals surface area contributed by atoms with Gasteiger partial charge >= 0.3 is 6.18 Å². The lowest BCUT2D eigenvalue weighted by molar-refractivity contribution is -0.145. The van der Waals surface area contributed by atoms with Crippen LogP contribution in [0.1, 0.15) is 6.42 Å². The molecule has 66 valence electrons. The Balaban J connectivity index is 2.24. The second-order valence-electron chi connectivity index (χ2n) is 2.55. The summed E-state index contributed by atoms with van der Waals surface area (Å²) < 4.78 is 40.1. The minimum absolute atomic E-state index is 0.166. The maximum atomic E-state index is 11.7. The number of hydrogen-bond acceptors (Lipinski definition) is 2. The normalized spacial score (nSPS) is 27.0. The Morgan fingerprint density at radius 1 is 1.45 bits per heavy atom. The molecule has 0 aromatic heterocycles. The molecule has 2 nitrogen and oxygen atoms in total. The lowest BCUT2D eigenvalue weighted by Gasteiger charge is -2.24. The first kappa shape index (κ1) is 8.80. The lowest BCUT2D eigenvalue weighted by atomic mass is 10.2. The van der Waals surface area contributed by atoms with Crippen molar-refractivity contribution in [3.05, 3.63) is 0 Å². The van der Waals surface area contributed by atoms with Crippen LogP contribution in [0.25, 0.3) is 0 Å². The first-order valence-corrected chi connectivity index (χ1v) is 3.46. The van der Waals surface area contributed by atoms with Crippen LogP contribution in [0.15, 0.2) is 0 Å². The van der Waals surface area contributed by atoms with Gasteiger partial charge < -0.3 is 10.1 Å². The molecule has 0 saturated carbocycles. The fourth-order valence-electron chi connectivity index (χ4n) is 1.03. The molecule has 1 rings (SSSR count). The van der Waals surface area contributed by atoms with Crippen molar-refractivity contribution in [1.29, 1.82) is 0 Å². The molecule has 0 spiro atoms. The van der Waals surface area contributed by atoms with E-state index in [1.807, 2.05) is 0 Å². The van der Waals surface area contributed by atoms with Crippen LogP contribution in [0.3, 0.4) is 0 Å². The molecule has 1 aliphatic rings. The monoisotopic (exact) mass is 169 g/mol. The number of morpholine rings is 1. The molecule has 0 amide bonds. The zero-order valence-corrected chi connectivity index (χ0v) is 5.95. The van der Waals surface area contributed by atoms with Crippen molar-refractivity contribution in [2.45, 2.75) is 18.6 Å². The maximum Gasteiger partial charge on any atom is 0.390 e. The molecule has 1 heterocycles. The Hall–Kier alpha value is -0.290. The van der Waals surface area contributed by atoms with Crippen molar-refractivity contribution >= 4 is 0 Å². The molecule has 5 heteroatoms. The van der Waals surface area contributed by atoms with Gasteiger partial charge in [-0.25, -0.2) is 0 Å². The molecule has 1 saturated heterocycles. The second-order valence-corrected chi connectivity index (χ2v) is 2.55. The zero-order chi connectivity index (χ0) is 8.32. The van der Waals surface area contributed by atoms with E-state index < -0.39 is 18.6 Å². The zero-order valence-electron chi connectivity index (χ0n) is 5.95. The van der Waals surface area contributed by atoms with Crippen LogP contribution in [-0.2, 0) is 4.74 Å². The van der Waals surface area contributed by atoms with Gasteiger partial charge in [0, 0.05) is 12.6 Å². The minimum Gasteiger partial charge on any atom is -0.379 e. The summed E-state index contributed by atoms with van der Waals surface area (Å²) >= 11 is 0. The van der Waals surface area contributed by atoms with Crippen LogP contribution < -0.4 is 5.32 Å². The van der Waals surface area contributed by atoms with E-state index in [2.05, 4.69) is 5.32 Å². The standard InChI is InChI=1S/C6H10F3NO/c7-6(8,9)3-5-4-11-2-1-10-5/h5,10H,1-4H2. The van der Waals surface area contributed by atoms with Crippen LogP contribution >= 0.6 is 0 Å². The molecule has 1 aliphatic heterocycles. The highest BCUT2D eigenvalue weighted by molar-refractivity contribution is 4.73. The molecule has 1 N–H and O–H groups in total. The third-order valence-electron chi connectivity index (χ3n) is 1.48. The average Bonchev–Trinajstić information content (AvgIpc) is 1.85. The Bertz CT molecular complexity index is 119. The van der Waals surface area contributed by atoms with E-state index in [1.165, 1.54) is 0 Å². The number of ether oxygens (including phenoxy) is 1. The van der Waals surface area contributed by atoms with Crippen molar-refractivity contribution in [2.24, 2.45) is 0 Å². The van der Waals surface area contributed by atoms with E-state index >= 15 is 0 Å². The highest BCUT2D eigenvalue weighted by Crippen LogP contribution is 2.22. The Labute approximate surface area is 62.7 Å². The summed E-state index contributed by atoms with van der Waals surface area (Å²) in [7, 11) is 0. The van der Waals surface area contributed by atoms with Crippen LogP contribution in [0.4, 0.5) is 13.2 Å². The smallest absolute Gasteiger partial charge is 0.379 e. The largest absolute Gasteiger partial charge is 0.390 e. The van der Waals surface area contributed by atoms with Crippen molar-refractivity contribution in [3.63, 3.8) is 0 Å². The molecule has 0 aromatic carbocycles. The third-order valence-corrected chi connectivity index (χ3v) is 1.48. The van der Waals surface area contributed by atoms with Gasteiger partial charge in [-0.15, -0.1) is 0 Å². The van der Waals surface area contributed by atoms with Gasteiger partial charge in [-0.1, -0.05) is 0 Å². The topological polar surface area (TPSA) is 21.3 Å². The van der Waals surface area contributed by atoms with Gasteiger partial charge in [-0.2, -0.15) is 13.2 Å². The third kappa shape index (κ3) is 3.57.